The quantitative estimate of drug-likeness (QED) is 0.599. The second kappa shape index (κ2) is 5.83. The van der Waals surface area contributed by atoms with Crippen molar-refractivity contribution in [2.24, 2.45) is 5.92 Å². The van der Waals surface area contributed by atoms with Crippen LogP contribution in [0.1, 0.15) is 19.8 Å². The zero-order valence-electron chi connectivity index (χ0n) is 11.5. The number of quaternary nitrogens is 1. The zero-order valence-corrected chi connectivity index (χ0v) is 13.0. The fourth-order valence-electron chi connectivity index (χ4n) is 3.49. The van der Waals surface area contributed by atoms with E-state index >= 15 is 0 Å². The summed E-state index contributed by atoms with van der Waals surface area (Å²) in [6.45, 7) is 4.59. The Morgan fingerprint density at radius 1 is 1.55 bits per heavy atom. The van der Waals surface area contributed by atoms with E-state index in [0.717, 1.165) is 25.9 Å². The zero-order chi connectivity index (χ0) is 13.5. The number of carbonyl (C=O) groups excluding carboxylic acids is 1. The third-order valence-electron chi connectivity index (χ3n) is 4.88. The van der Waals surface area contributed by atoms with Gasteiger partial charge in [0.15, 0.2) is 11.9 Å². The number of rotatable bonds is 3. The molecule has 0 aliphatic carbocycles. The fraction of sp³-hybridized carbons (Fsp3) is 0.692. The highest BCUT2D eigenvalue weighted by Gasteiger charge is 2.50. The van der Waals surface area contributed by atoms with E-state index in [1.807, 2.05) is 6.92 Å². The topological polar surface area (TPSA) is 75.4 Å². The molecular weight excluding hydrogens is 326 g/mol. The van der Waals surface area contributed by atoms with Crippen molar-refractivity contribution in [2.45, 2.75) is 31.9 Å². The van der Waals surface area contributed by atoms with Gasteiger partial charge in [0.25, 0.3) is 5.91 Å². The maximum absolute atomic E-state index is 12.3. The molecule has 1 aromatic rings. The Morgan fingerprint density at radius 2 is 2.25 bits per heavy atom. The molecule has 0 spiro atoms. The summed E-state index contributed by atoms with van der Waals surface area (Å²) in [7, 11) is 0. The highest BCUT2D eigenvalue weighted by atomic mass is 79.9. The minimum absolute atomic E-state index is 0. The molecule has 0 aromatic carbocycles. The molecule has 20 heavy (non-hydrogen) atoms. The average molecular weight is 346 g/mol. The van der Waals surface area contributed by atoms with Crippen LogP contribution in [0.4, 0.5) is 5.82 Å². The van der Waals surface area contributed by atoms with Crippen LogP contribution in [0.25, 0.3) is 0 Å². The smallest absolute Gasteiger partial charge is 0.283 e. The number of nitrogens with one attached hydrogen (secondary N) is 1. The largest absolute Gasteiger partial charge is 1.00 e. The number of carbonyl (C=O) groups is 1. The molecule has 2 atom stereocenters. The van der Waals surface area contributed by atoms with Crippen molar-refractivity contribution in [1.82, 2.24) is 5.16 Å². The van der Waals surface area contributed by atoms with Gasteiger partial charge in [0.1, 0.15) is 18.9 Å². The van der Waals surface area contributed by atoms with Crippen molar-refractivity contribution in [2.75, 3.05) is 25.0 Å². The number of hydrogen-bond donors (Lipinski definition) is 2. The molecule has 7 heteroatoms. The lowest BCUT2D eigenvalue weighted by Crippen LogP contribution is -3.00. The van der Waals surface area contributed by atoms with Crippen LogP contribution in [-0.4, -0.2) is 52.4 Å². The van der Waals surface area contributed by atoms with E-state index in [0.29, 0.717) is 22.8 Å². The molecule has 3 aliphatic heterocycles. The van der Waals surface area contributed by atoms with Crippen molar-refractivity contribution >= 4 is 11.7 Å². The molecular formula is C13H20BrN3O3. The summed E-state index contributed by atoms with van der Waals surface area (Å²) in [5, 5.41) is 16.5. The van der Waals surface area contributed by atoms with Crippen molar-refractivity contribution in [3.63, 3.8) is 0 Å². The summed E-state index contributed by atoms with van der Waals surface area (Å²) in [5.41, 5.74) is 0. The number of aliphatic hydroxyl groups is 1. The molecule has 2 bridgehead atoms. The maximum atomic E-state index is 12.3. The average Bonchev–Trinajstić information content (AvgIpc) is 2.91. The third-order valence-corrected chi connectivity index (χ3v) is 4.88. The summed E-state index contributed by atoms with van der Waals surface area (Å²) < 4.78 is 5.40. The number of anilines is 1. The Labute approximate surface area is 128 Å². The van der Waals surface area contributed by atoms with Gasteiger partial charge in [-0.05, 0) is 6.92 Å². The first-order valence-electron chi connectivity index (χ1n) is 6.86. The summed E-state index contributed by atoms with van der Waals surface area (Å²) in [6.07, 6.45) is 3.21. The highest BCUT2D eigenvalue weighted by molar-refractivity contribution is 5.92. The van der Waals surface area contributed by atoms with E-state index in [9.17, 15) is 9.90 Å². The summed E-state index contributed by atoms with van der Waals surface area (Å²) >= 11 is 0. The predicted octanol–water partition coefficient (Wildman–Crippen LogP) is -2.39. The molecule has 2 N–H and O–H groups in total. The lowest BCUT2D eigenvalue weighted by atomic mass is 9.82. The SMILES string of the molecule is CC(C(=O)Nc1ccon1)[N+]12CCC(CC1)C(O)C2.[Br-]. The van der Waals surface area contributed by atoms with Crippen molar-refractivity contribution < 1.29 is 35.9 Å². The Morgan fingerprint density at radius 3 is 2.80 bits per heavy atom. The van der Waals surface area contributed by atoms with Crippen LogP contribution < -0.4 is 22.3 Å². The standard InChI is InChI=1S/C13H19N3O3.BrH/c1-9(13(18)14-12-4-7-19-15-12)16-5-2-10(3-6-16)11(17)8-16;/h4,7,9-11,17H,2-3,5-6,8H2,1H3;1H. The minimum Gasteiger partial charge on any atom is -1.00 e. The number of hydrogen-bond acceptors (Lipinski definition) is 4. The Kier molecular flexibility index (Phi) is 4.51. The Balaban J connectivity index is 0.00000147. The van der Waals surface area contributed by atoms with Gasteiger partial charge < -0.3 is 36.4 Å². The van der Waals surface area contributed by atoms with Crippen LogP contribution in [0, 0.1) is 5.92 Å². The monoisotopic (exact) mass is 345 g/mol. The predicted molar refractivity (Wildman–Crippen MR) is 68.2 cm³/mol. The van der Waals surface area contributed by atoms with Gasteiger partial charge in [-0.1, -0.05) is 5.16 Å². The van der Waals surface area contributed by atoms with Gasteiger partial charge in [-0.3, -0.25) is 4.79 Å². The Hall–Kier alpha value is -0.920. The van der Waals surface area contributed by atoms with Gasteiger partial charge in [-0.25, -0.2) is 0 Å². The number of aromatic nitrogens is 1. The number of aliphatic hydroxyl groups excluding tert-OH is 1. The summed E-state index contributed by atoms with van der Waals surface area (Å²) in [5.74, 6) is 0.828. The Bertz CT molecular complexity index is 457. The highest BCUT2D eigenvalue weighted by Crippen LogP contribution is 2.36. The summed E-state index contributed by atoms with van der Waals surface area (Å²) in [6, 6.07) is 1.45. The fourth-order valence-corrected chi connectivity index (χ4v) is 3.49. The number of nitrogens with zero attached hydrogens (tertiary/aromatic N) is 2. The molecule has 3 fully saturated rings. The second-order valence-electron chi connectivity index (χ2n) is 5.80. The number of halogens is 1. The number of amides is 1. The van der Waals surface area contributed by atoms with Crippen LogP contribution in [0.2, 0.25) is 0 Å². The van der Waals surface area contributed by atoms with Crippen molar-refractivity contribution in [3.8, 4) is 0 Å². The van der Waals surface area contributed by atoms with Crippen LogP contribution in [0.3, 0.4) is 0 Å². The van der Waals surface area contributed by atoms with E-state index in [4.69, 9.17) is 4.52 Å². The first-order chi connectivity index (χ1) is 9.11. The number of piperidine rings is 3. The van der Waals surface area contributed by atoms with E-state index in [1.54, 1.807) is 6.07 Å². The first kappa shape index (κ1) is 15.5. The molecule has 4 heterocycles. The third kappa shape index (κ3) is 2.62. The summed E-state index contributed by atoms with van der Waals surface area (Å²) in [4.78, 5) is 12.3. The van der Waals surface area contributed by atoms with Crippen LogP contribution in [0.5, 0.6) is 0 Å². The molecule has 0 radical (unpaired) electrons. The van der Waals surface area contributed by atoms with Gasteiger partial charge in [0, 0.05) is 24.8 Å². The molecule has 1 aromatic heterocycles. The van der Waals surface area contributed by atoms with Crippen LogP contribution >= 0.6 is 0 Å². The van der Waals surface area contributed by atoms with Gasteiger partial charge in [-0.2, -0.15) is 0 Å². The molecule has 3 aliphatic rings. The minimum atomic E-state index is -0.259. The number of fused-ring (bicyclic) bond motifs is 3. The van der Waals surface area contributed by atoms with Gasteiger partial charge >= 0.3 is 0 Å². The van der Waals surface area contributed by atoms with Crippen LogP contribution in [-0.2, 0) is 4.79 Å². The molecule has 0 saturated carbocycles. The van der Waals surface area contributed by atoms with E-state index in [-0.39, 0.29) is 35.0 Å². The van der Waals surface area contributed by atoms with Crippen LogP contribution in [0.15, 0.2) is 16.9 Å². The maximum Gasteiger partial charge on any atom is 0.283 e. The normalized spacial score (nSPS) is 33.3. The molecule has 1 amide bonds. The van der Waals surface area contributed by atoms with E-state index in [1.165, 1.54) is 6.26 Å². The molecule has 3 saturated heterocycles. The van der Waals surface area contributed by atoms with Gasteiger partial charge in [0.2, 0.25) is 0 Å². The lowest BCUT2D eigenvalue weighted by Gasteiger charge is -2.53. The van der Waals surface area contributed by atoms with Gasteiger partial charge in [-0.15, -0.1) is 0 Å². The van der Waals surface area contributed by atoms with Crippen molar-refractivity contribution in [1.29, 1.82) is 0 Å². The van der Waals surface area contributed by atoms with Crippen molar-refractivity contribution in [3.05, 3.63) is 12.3 Å². The molecule has 2 unspecified atom stereocenters. The molecule has 112 valence electrons. The van der Waals surface area contributed by atoms with Gasteiger partial charge in [0.05, 0.1) is 13.1 Å². The second-order valence-corrected chi connectivity index (χ2v) is 5.80. The first-order valence-corrected chi connectivity index (χ1v) is 6.86. The lowest BCUT2D eigenvalue weighted by molar-refractivity contribution is -0.958. The molecule has 4 rings (SSSR count). The van der Waals surface area contributed by atoms with E-state index in [2.05, 4.69) is 10.5 Å². The van der Waals surface area contributed by atoms with E-state index < -0.39 is 0 Å². The molecule has 6 nitrogen and oxygen atoms in total.